The first kappa shape index (κ1) is 28.0. The van der Waals surface area contributed by atoms with Gasteiger partial charge >= 0.3 is 0 Å². The average molecular weight is 601 g/mol. The summed E-state index contributed by atoms with van der Waals surface area (Å²) in [4.78, 5) is 36.0. The van der Waals surface area contributed by atoms with Gasteiger partial charge in [0, 0.05) is 48.7 Å². The number of thiophene rings is 1. The van der Waals surface area contributed by atoms with Crippen LogP contribution in [0.1, 0.15) is 5.56 Å². The maximum absolute atomic E-state index is 13.4. The summed E-state index contributed by atoms with van der Waals surface area (Å²) in [6.45, 7) is 3.74. The zero-order valence-corrected chi connectivity index (χ0v) is 24.6. The van der Waals surface area contributed by atoms with E-state index in [1.807, 2.05) is 53.4 Å². The van der Waals surface area contributed by atoms with Crippen molar-refractivity contribution in [2.45, 2.75) is 6.54 Å². The summed E-state index contributed by atoms with van der Waals surface area (Å²) in [5.74, 6) is 0.786. The van der Waals surface area contributed by atoms with Crippen molar-refractivity contribution in [1.29, 1.82) is 0 Å². The van der Waals surface area contributed by atoms with Crippen LogP contribution in [-0.4, -0.2) is 65.2 Å². The van der Waals surface area contributed by atoms with Crippen LogP contribution in [0.5, 0.6) is 11.5 Å². The Labute approximate surface area is 252 Å². The number of piperazine rings is 1. The Kier molecular flexibility index (Phi) is 8.23. The minimum atomic E-state index is -0.178. The van der Waals surface area contributed by atoms with Gasteiger partial charge in [0.25, 0.3) is 11.5 Å². The molecular weight excluding hydrogens is 572 g/mol. The van der Waals surface area contributed by atoms with Gasteiger partial charge in [0.2, 0.25) is 0 Å². The topological polar surface area (TPSA) is 76.9 Å². The number of nitrogens with zero attached hydrogens (tertiary/aromatic N) is 4. The molecule has 5 aromatic rings. The Morgan fingerprint density at radius 2 is 1.71 bits per heavy atom. The highest BCUT2D eigenvalue weighted by atomic mass is 35.5. The molecule has 2 aromatic heterocycles. The quantitative estimate of drug-likeness (QED) is 0.234. The highest BCUT2D eigenvalue weighted by Crippen LogP contribution is 2.33. The molecule has 0 bridgehead atoms. The zero-order chi connectivity index (χ0) is 29.1. The summed E-state index contributed by atoms with van der Waals surface area (Å²) >= 11 is 7.41. The van der Waals surface area contributed by atoms with Crippen LogP contribution in [0.4, 0.5) is 0 Å². The number of fused-ring (bicyclic) bond motifs is 1. The molecule has 1 fully saturated rings. The average Bonchev–Trinajstić information content (AvgIpc) is 3.47. The Morgan fingerprint density at radius 3 is 2.45 bits per heavy atom. The van der Waals surface area contributed by atoms with Gasteiger partial charge in [-0.3, -0.25) is 19.1 Å². The second-order valence-electron chi connectivity index (χ2n) is 10.0. The Morgan fingerprint density at radius 1 is 0.952 bits per heavy atom. The van der Waals surface area contributed by atoms with E-state index in [-0.39, 0.29) is 18.1 Å². The molecule has 1 aliphatic heterocycles. The maximum Gasteiger partial charge on any atom is 0.275 e. The van der Waals surface area contributed by atoms with Crippen LogP contribution < -0.4 is 15.0 Å². The fourth-order valence-electron chi connectivity index (χ4n) is 5.01. The fourth-order valence-corrected chi connectivity index (χ4v) is 6.18. The molecule has 42 heavy (non-hydrogen) atoms. The maximum atomic E-state index is 13.4. The molecule has 1 aliphatic rings. The predicted molar refractivity (Wildman–Crippen MR) is 166 cm³/mol. The number of benzene rings is 3. The van der Waals surface area contributed by atoms with Crippen LogP contribution in [0.3, 0.4) is 0 Å². The molecule has 1 amide bonds. The number of amides is 1. The molecule has 3 aromatic carbocycles. The molecule has 6 rings (SSSR count). The van der Waals surface area contributed by atoms with Gasteiger partial charge in [-0.15, -0.1) is 11.3 Å². The molecule has 0 radical (unpaired) electrons. The number of halogens is 1. The number of rotatable bonds is 8. The lowest BCUT2D eigenvalue weighted by molar-refractivity contribution is -0.135. The number of hydrogen-bond donors (Lipinski definition) is 0. The molecule has 10 heteroatoms. The molecule has 0 atom stereocenters. The van der Waals surface area contributed by atoms with Crippen molar-refractivity contribution in [3.05, 3.63) is 106 Å². The van der Waals surface area contributed by atoms with Gasteiger partial charge < -0.3 is 14.4 Å². The highest BCUT2D eigenvalue weighted by Gasteiger charge is 2.22. The Balaban J connectivity index is 1.11. The summed E-state index contributed by atoms with van der Waals surface area (Å²) in [5, 5.41) is 0.656. The van der Waals surface area contributed by atoms with Gasteiger partial charge in [-0.2, -0.15) is 0 Å². The number of carbonyl (C=O) groups excluding carboxylic acids is 1. The number of aromatic nitrogens is 2. The molecule has 0 spiro atoms. The van der Waals surface area contributed by atoms with Gasteiger partial charge in [-0.25, -0.2) is 4.98 Å². The molecule has 0 N–H and O–H groups in total. The smallest absolute Gasteiger partial charge is 0.275 e. The lowest BCUT2D eigenvalue weighted by Gasteiger charge is -2.34. The molecule has 0 unspecified atom stereocenters. The first-order chi connectivity index (χ1) is 20.5. The zero-order valence-electron chi connectivity index (χ0n) is 23.0. The van der Waals surface area contributed by atoms with Crippen molar-refractivity contribution in [3.8, 4) is 27.6 Å². The van der Waals surface area contributed by atoms with E-state index in [0.29, 0.717) is 45.5 Å². The molecular formula is C32H29ClN4O4S. The van der Waals surface area contributed by atoms with E-state index in [4.69, 9.17) is 21.1 Å². The number of hydrogen-bond acceptors (Lipinski definition) is 7. The largest absolute Gasteiger partial charge is 0.493 e. The van der Waals surface area contributed by atoms with Crippen molar-refractivity contribution in [2.75, 3.05) is 39.9 Å². The van der Waals surface area contributed by atoms with Gasteiger partial charge in [-0.1, -0.05) is 54.1 Å². The summed E-state index contributed by atoms with van der Waals surface area (Å²) < 4.78 is 13.5. The van der Waals surface area contributed by atoms with E-state index in [1.165, 1.54) is 34.9 Å². The van der Waals surface area contributed by atoms with Crippen molar-refractivity contribution in [2.24, 2.45) is 0 Å². The van der Waals surface area contributed by atoms with Gasteiger partial charge in [0.05, 0.1) is 18.3 Å². The first-order valence-corrected chi connectivity index (χ1v) is 14.8. The standard InChI is InChI=1S/C32H29ClN4O4S/c1-40-28-17-25(37-21-34-26-18-29(42-31(26)32(37)39)23-7-9-24(33)10-8-23)11-12-27(28)41-20-30(38)36-15-13-35(14-16-36)19-22-5-3-2-4-6-22/h2-12,17-18,21H,13-16,19-20H2,1H3. The van der Waals surface area contributed by atoms with E-state index in [0.717, 1.165) is 30.1 Å². The van der Waals surface area contributed by atoms with Crippen LogP contribution in [-0.2, 0) is 11.3 Å². The van der Waals surface area contributed by atoms with Gasteiger partial charge in [0.15, 0.2) is 18.1 Å². The predicted octanol–water partition coefficient (Wildman–Crippen LogP) is 5.50. The second-order valence-corrected chi connectivity index (χ2v) is 11.5. The third-order valence-corrected chi connectivity index (χ3v) is 8.73. The van der Waals surface area contributed by atoms with Crippen molar-refractivity contribution < 1.29 is 14.3 Å². The second kappa shape index (κ2) is 12.4. The summed E-state index contributed by atoms with van der Waals surface area (Å²) in [5.41, 5.74) is 3.29. The lowest BCUT2D eigenvalue weighted by atomic mass is 10.2. The van der Waals surface area contributed by atoms with Crippen molar-refractivity contribution >= 4 is 39.1 Å². The minimum Gasteiger partial charge on any atom is -0.493 e. The highest BCUT2D eigenvalue weighted by molar-refractivity contribution is 7.22. The van der Waals surface area contributed by atoms with Gasteiger partial charge in [0.1, 0.15) is 11.0 Å². The van der Waals surface area contributed by atoms with Crippen LogP contribution in [0.2, 0.25) is 5.02 Å². The third-order valence-electron chi connectivity index (χ3n) is 7.32. The van der Waals surface area contributed by atoms with Crippen molar-refractivity contribution in [1.82, 2.24) is 19.4 Å². The number of methoxy groups -OCH3 is 1. The molecule has 1 saturated heterocycles. The molecule has 3 heterocycles. The molecule has 214 valence electrons. The molecule has 0 saturated carbocycles. The van der Waals surface area contributed by atoms with Crippen molar-refractivity contribution in [3.63, 3.8) is 0 Å². The molecule has 0 aliphatic carbocycles. The summed E-state index contributed by atoms with van der Waals surface area (Å²) in [6.07, 6.45) is 1.51. The van der Waals surface area contributed by atoms with Crippen LogP contribution in [0.25, 0.3) is 26.3 Å². The number of carbonyl (C=O) groups is 1. The lowest BCUT2D eigenvalue weighted by Crippen LogP contribution is -2.49. The Hall–Kier alpha value is -4.18. The third kappa shape index (κ3) is 6.04. The van der Waals surface area contributed by atoms with E-state index in [2.05, 4.69) is 22.0 Å². The van der Waals surface area contributed by atoms with E-state index >= 15 is 0 Å². The van der Waals surface area contributed by atoms with Crippen LogP contribution in [0, 0.1) is 0 Å². The number of ether oxygens (including phenoxy) is 2. The fraction of sp³-hybridized carbons (Fsp3) is 0.219. The normalized spacial score (nSPS) is 13.8. The summed E-state index contributed by atoms with van der Waals surface area (Å²) in [6, 6.07) is 24.9. The summed E-state index contributed by atoms with van der Waals surface area (Å²) in [7, 11) is 1.53. The SMILES string of the molecule is COc1cc(-n2cnc3cc(-c4ccc(Cl)cc4)sc3c2=O)ccc1OCC(=O)N1CCN(Cc2ccccc2)CC1. The van der Waals surface area contributed by atoms with E-state index < -0.39 is 0 Å². The monoisotopic (exact) mass is 600 g/mol. The minimum absolute atomic E-state index is 0.0689. The van der Waals surface area contributed by atoms with Crippen LogP contribution in [0.15, 0.2) is 90.0 Å². The van der Waals surface area contributed by atoms with E-state index in [9.17, 15) is 9.59 Å². The first-order valence-electron chi connectivity index (χ1n) is 13.6. The van der Waals surface area contributed by atoms with Gasteiger partial charge in [-0.05, 0) is 41.5 Å². The van der Waals surface area contributed by atoms with E-state index in [1.54, 1.807) is 18.2 Å². The molecule has 8 nitrogen and oxygen atoms in total. The van der Waals surface area contributed by atoms with Crippen LogP contribution >= 0.6 is 22.9 Å². The Bertz CT molecular complexity index is 1760.